The molecule has 1 aliphatic rings. The Labute approximate surface area is 107 Å². The largest absolute Gasteiger partial charge is 0.497 e. The van der Waals surface area contributed by atoms with E-state index in [0.29, 0.717) is 0 Å². The second-order valence-electron chi connectivity index (χ2n) is 4.82. The van der Waals surface area contributed by atoms with Crippen molar-refractivity contribution in [1.29, 1.82) is 0 Å². The van der Waals surface area contributed by atoms with E-state index in [0.717, 1.165) is 24.2 Å². The summed E-state index contributed by atoms with van der Waals surface area (Å²) in [6.07, 6.45) is 2.02. The number of nitrogens with one attached hydrogen (secondary N) is 1. The fourth-order valence-corrected chi connectivity index (χ4v) is 2.11. The zero-order valence-corrected chi connectivity index (χ0v) is 10.7. The molecule has 4 nitrogen and oxygen atoms in total. The summed E-state index contributed by atoms with van der Waals surface area (Å²) in [6, 6.07) is 7.27. The van der Waals surface area contributed by atoms with Gasteiger partial charge in [0, 0.05) is 6.04 Å². The number of aliphatic carboxylic acids is 1. The van der Waals surface area contributed by atoms with Gasteiger partial charge in [-0.3, -0.25) is 10.1 Å². The van der Waals surface area contributed by atoms with Crippen LogP contribution in [0.2, 0.25) is 0 Å². The van der Waals surface area contributed by atoms with Gasteiger partial charge in [0.15, 0.2) is 0 Å². The lowest BCUT2D eigenvalue weighted by atomic mass is 10.1. The maximum Gasteiger partial charge on any atom is 0.320 e. The van der Waals surface area contributed by atoms with Crippen molar-refractivity contribution in [3.8, 4) is 5.75 Å². The molecule has 0 radical (unpaired) electrons. The van der Waals surface area contributed by atoms with Crippen LogP contribution in [0.5, 0.6) is 5.75 Å². The van der Waals surface area contributed by atoms with Crippen LogP contribution in [-0.2, 0) is 4.79 Å². The molecule has 2 unspecified atom stereocenters. The van der Waals surface area contributed by atoms with Crippen molar-refractivity contribution in [2.75, 3.05) is 7.11 Å². The third-order valence-corrected chi connectivity index (χ3v) is 3.38. The normalized spacial score (nSPS) is 18.1. The van der Waals surface area contributed by atoms with E-state index in [2.05, 4.69) is 5.32 Å². The Morgan fingerprint density at radius 1 is 1.50 bits per heavy atom. The minimum absolute atomic E-state index is 0.00167. The molecule has 1 fully saturated rings. The maximum absolute atomic E-state index is 11.2. The molecule has 0 saturated heterocycles. The standard InChI is InChI=1S/C14H19NO3/c1-9(11-4-3-5-12(8-11)18-2)15-13(14(16)17)10-6-7-10/h3-5,8-10,13,15H,6-7H2,1-2H3,(H,16,17). The Kier molecular flexibility index (Phi) is 3.87. The molecule has 18 heavy (non-hydrogen) atoms. The van der Waals surface area contributed by atoms with E-state index in [1.54, 1.807) is 7.11 Å². The zero-order valence-electron chi connectivity index (χ0n) is 10.7. The summed E-state index contributed by atoms with van der Waals surface area (Å²) in [4.78, 5) is 11.2. The lowest BCUT2D eigenvalue weighted by molar-refractivity contribution is -0.140. The number of ether oxygens (including phenoxy) is 1. The van der Waals surface area contributed by atoms with Crippen LogP contribution < -0.4 is 10.1 Å². The van der Waals surface area contributed by atoms with Crippen LogP contribution in [0.3, 0.4) is 0 Å². The monoisotopic (exact) mass is 249 g/mol. The fourth-order valence-electron chi connectivity index (χ4n) is 2.11. The first-order valence-electron chi connectivity index (χ1n) is 6.24. The van der Waals surface area contributed by atoms with Crippen LogP contribution >= 0.6 is 0 Å². The van der Waals surface area contributed by atoms with Gasteiger partial charge in [0.1, 0.15) is 11.8 Å². The summed E-state index contributed by atoms with van der Waals surface area (Å²) in [6.45, 7) is 1.98. The quantitative estimate of drug-likeness (QED) is 0.811. The van der Waals surface area contributed by atoms with Crippen LogP contribution in [0.15, 0.2) is 24.3 Å². The molecule has 2 N–H and O–H groups in total. The topological polar surface area (TPSA) is 58.6 Å². The zero-order chi connectivity index (χ0) is 13.1. The molecule has 0 aromatic heterocycles. The number of hydrogen-bond donors (Lipinski definition) is 2. The first-order valence-corrected chi connectivity index (χ1v) is 6.24. The van der Waals surface area contributed by atoms with Gasteiger partial charge in [0.2, 0.25) is 0 Å². The van der Waals surface area contributed by atoms with Gasteiger partial charge in [-0.1, -0.05) is 12.1 Å². The first kappa shape index (κ1) is 12.9. The van der Waals surface area contributed by atoms with Crippen LogP contribution in [0.25, 0.3) is 0 Å². The summed E-state index contributed by atoms with van der Waals surface area (Å²) in [5.41, 5.74) is 1.04. The van der Waals surface area contributed by atoms with Crippen molar-refractivity contribution >= 4 is 5.97 Å². The molecule has 1 saturated carbocycles. The van der Waals surface area contributed by atoms with Crippen LogP contribution in [0.1, 0.15) is 31.4 Å². The molecule has 1 aromatic rings. The lowest BCUT2D eigenvalue weighted by Gasteiger charge is -2.20. The Morgan fingerprint density at radius 2 is 2.22 bits per heavy atom. The van der Waals surface area contributed by atoms with Gasteiger partial charge in [0.05, 0.1) is 7.11 Å². The molecular weight excluding hydrogens is 230 g/mol. The van der Waals surface area contributed by atoms with Gasteiger partial charge < -0.3 is 9.84 Å². The number of benzene rings is 1. The number of methoxy groups -OCH3 is 1. The highest BCUT2D eigenvalue weighted by Gasteiger charge is 2.36. The van der Waals surface area contributed by atoms with E-state index in [-0.39, 0.29) is 12.0 Å². The average molecular weight is 249 g/mol. The van der Waals surface area contributed by atoms with Crippen molar-refractivity contribution < 1.29 is 14.6 Å². The summed E-state index contributed by atoms with van der Waals surface area (Å²) in [5.74, 6) is 0.322. The van der Waals surface area contributed by atoms with Gasteiger partial charge in [0.25, 0.3) is 0 Å². The lowest BCUT2D eigenvalue weighted by Crippen LogP contribution is -2.40. The summed E-state index contributed by atoms with van der Waals surface area (Å²) >= 11 is 0. The second kappa shape index (κ2) is 5.40. The van der Waals surface area contributed by atoms with Crippen molar-refractivity contribution in [2.24, 2.45) is 5.92 Å². The van der Waals surface area contributed by atoms with Gasteiger partial charge in [-0.2, -0.15) is 0 Å². The van der Waals surface area contributed by atoms with Crippen LogP contribution in [0.4, 0.5) is 0 Å². The maximum atomic E-state index is 11.2. The Morgan fingerprint density at radius 3 is 2.78 bits per heavy atom. The Hall–Kier alpha value is -1.55. The number of carboxylic acids is 1. The Bertz CT molecular complexity index is 429. The van der Waals surface area contributed by atoms with Gasteiger partial charge in [-0.05, 0) is 43.4 Å². The minimum atomic E-state index is -0.757. The smallest absolute Gasteiger partial charge is 0.320 e. The molecule has 1 aliphatic carbocycles. The molecule has 4 heteroatoms. The van der Waals surface area contributed by atoms with Gasteiger partial charge in [-0.25, -0.2) is 0 Å². The highest BCUT2D eigenvalue weighted by Crippen LogP contribution is 2.34. The fraction of sp³-hybridized carbons (Fsp3) is 0.500. The summed E-state index contributed by atoms with van der Waals surface area (Å²) in [5, 5.41) is 12.4. The van der Waals surface area contributed by atoms with Crippen molar-refractivity contribution in [2.45, 2.75) is 31.8 Å². The van der Waals surface area contributed by atoms with E-state index in [4.69, 9.17) is 4.74 Å². The molecule has 98 valence electrons. The Balaban J connectivity index is 2.05. The molecule has 2 rings (SSSR count). The molecule has 0 aliphatic heterocycles. The molecule has 1 aromatic carbocycles. The van der Waals surface area contributed by atoms with E-state index < -0.39 is 12.0 Å². The van der Waals surface area contributed by atoms with Crippen molar-refractivity contribution in [3.05, 3.63) is 29.8 Å². The average Bonchev–Trinajstić information content (AvgIpc) is 3.19. The SMILES string of the molecule is COc1cccc(C(C)NC(C(=O)O)C2CC2)c1. The first-order chi connectivity index (χ1) is 8.61. The van der Waals surface area contributed by atoms with Crippen molar-refractivity contribution in [3.63, 3.8) is 0 Å². The highest BCUT2D eigenvalue weighted by molar-refractivity contribution is 5.74. The predicted molar refractivity (Wildman–Crippen MR) is 68.7 cm³/mol. The summed E-state index contributed by atoms with van der Waals surface area (Å²) in [7, 11) is 1.63. The number of carboxylic acid groups (broad SMARTS) is 1. The van der Waals surface area contributed by atoms with E-state index in [9.17, 15) is 9.90 Å². The third kappa shape index (κ3) is 3.01. The van der Waals surface area contributed by atoms with Gasteiger partial charge in [-0.15, -0.1) is 0 Å². The minimum Gasteiger partial charge on any atom is -0.497 e. The number of rotatable bonds is 6. The van der Waals surface area contributed by atoms with Crippen LogP contribution in [0, 0.1) is 5.92 Å². The number of hydrogen-bond acceptors (Lipinski definition) is 3. The molecular formula is C14H19NO3. The van der Waals surface area contributed by atoms with Crippen molar-refractivity contribution in [1.82, 2.24) is 5.32 Å². The molecule has 0 spiro atoms. The molecule has 2 atom stereocenters. The van der Waals surface area contributed by atoms with E-state index in [1.165, 1.54) is 0 Å². The molecule has 0 heterocycles. The van der Waals surface area contributed by atoms with Gasteiger partial charge >= 0.3 is 5.97 Å². The van der Waals surface area contributed by atoms with E-state index >= 15 is 0 Å². The number of carbonyl (C=O) groups is 1. The second-order valence-corrected chi connectivity index (χ2v) is 4.82. The molecule has 0 bridgehead atoms. The summed E-state index contributed by atoms with van der Waals surface area (Å²) < 4.78 is 5.17. The predicted octanol–water partition coefficient (Wildman–Crippen LogP) is 2.21. The van der Waals surface area contributed by atoms with Crippen LogP contribution in [-0.4, -0.2) is 24.2 Å². The third-order valence-electron chi connectivity index (χ3n) is 3.38. The molecule has 0 amide bonds. The highest BCUT2D eigenvalue weighted by atomic mass is 16.5. The van der Waals surface area contributed by atoms with E-state index in [1.807, 2.05) is 31.2 Å².